The molecule has 1 aromatic rings. The fraction of sp³-hybridized carbons (Fsp3) is 0.364. The maximum Gasteiger partial charge on any atom is 0.239 e. The van der Waals surface area contributed by atoms with Crippen LogP contribution in [0.1, 0.15) is 12.5 Å². The van der Waals surface area contributed by atoms with Gasteiger partial charge in [0, 0.05) is 6.54 Å². The summed E-state index contributed by atoms with van der Waals surface area (Å²) in [5.41, 5.74) is 14.1. The van der Waals surface area contributed by atoms with Crippen molar-refractivity contribution in [1.29, 1.82) is 0 Å². The fourth-order valence-corrected chi connectivity index (χ4v) is 2.06. The molecule has 0 fully saturated rings. The van der Waals surface area contributed by atoms with E-state index in [2.05, 4.69) is 0 Å². The molecular weight excluding hydrogens is 190 g/mol. The predicted molar refractivity (Wildman–Crippen MR) is 60.6 cm³/mol. The molecule has 4 heteroatoms. The highest BCUT2D eigenvalue weighted by molar-refractivity contribution is 5.86. The average molecular weight is 205 g/mol. The molecule has 80 valence electrons. The Morgan fingerprint density at radius 2 is 2.27 bits per heavy atom. The summed E-state index contributed by atoms with van der Waals surface area (Å²) in [6, 6.07) is 5.53. The molecule has 0 saturated carbocycles. The number of nitrogen functional groups attached to an aromatic ring is 1. The molecule has 15 heavy (non-hydrogen) atoms. The molecule has 1 atom stereocenters. The first-order valence-electron chi connectivity index (χ1n) is 5.04. The molecule has 1 aliphatic heterocycles. The van der Waals surface area contributed by atoms with Crippen LogP contribution < -0.4 is 16.4 Å². The van der Waals surface area contributed by atoms with Crippen LogP contribution in [0.4, 0.5) is 11.4 Å². The Balaban J connectivity index is 2.39. The molecule has 0 aromatic heterocycles. The zero-order valence-electron chi connectivity index (χ0n) is 8.73. The van der Waals surface area contributed by atoms with Gasteiger partial charge in [0.25, 0.3) is 0 Å². The van der Waals surface area contributed by atoms with Crippen molar-refractivity contribution in [2.45, 2.75) is 19.4 Å². The molecule has 4 N–H and O–H groups in total. The van der Waals surface area contributed by atoms with E-state index < -0.39 is 0 Å². The number of rotatable bonds is 2. The molecule has 0 spiro atoms. The van der Waals surface area contributed by atoms with E-state index in [1.807, 2.05) is 30.0 Å². The van der Waals surface area contributed by atoms with Gasteiger partial charge in [0.1, 0.15) is 6.04 Å². The third-order valence-corrected chi connectivity index (χ3v) is 2.94. The summed E-state index contributed by atoms with van der Waals surface area (Å²) in [4.78, 5) is 13.1. The summed E-state index contributed by atoms with van der Waals surface area (Å²) in [6.45, 7) is 2.62. The maximum absolute atomic E-state index is 11.1. The topological polar surface area (TPSA) is 72.4 Å². The Morgan fingerprint density at radius 3 is 2.93 bits per heavy atom. The second kappa shape index (κ2) is 3.46. The number of amides is 1. The van der Waals surface area contributed by atoms with Crippen molar-refractivity contribution in [2.24, 2.45) is 5.73 Å². The first-order valence-corrected chi connectivity index (χ1v) is 5.04. The number of para-hydroxylation sites is 1. The summed E-state index contributed by atoms with van der Waals surface area (Å²) in [5.74, 6) is -0.314. The van der Waals surface area contributed by atoms with E-state index in [0.29, 0.717) is 0 Å². The largest absolute Gasteiger partial charge is 0.397 e. The van der Waals surface area contributed by atoms with Crippen molar-refractivity contribution in [3.05, 3.63) is 23.8 Å². The Kier molecular flexibility index (Phi) is 2.26. The number of carbonyl (C=O) groups excluding carboxylic acids is 1. The van der Waals surface area contributed by atoms with Gasteiger partial charge in [-0.05, 0) is 25.0 Å². The van der Waals surface area contributed by atoms with Gasteiger partial charge in [-0.2, -0.15) is 0 Å². The summed E-state index contributed by atoms with van der Waals surface area (Å²) in [6.07, 6.45) is 0.929. The number of nitrogens with zero attached hydrogens (tertiary/aromatic N) is 1. The SMILES string of the molecule is CC(C(N)=O)N1CCc2cccc(N)c21. The Morgan fingerprint density at radius 1 is 1.53 bits per heavy atom. The highest BCUT2D eigenvalue weighted by Gasteiger charge is 2.27. The quantitative estimate of drug-likeness (QED) is 0.691. The highest BCUT2D eigenvalue weighted by atomic mass is 16.1. The summed E-state index contributed by atoms with van der Waals surface area (Å²) >= 11 is 0. The molecule has 0 saturated heterocycles. The van der Waals surface area contributed by atoms with Crippen LogP contribution in [-0.2, 0) is 11.2 Å². The van der Waals surface area contributed by atoms with E-state index in [9.17, 15) is 4.79 Å². The Bertz CT molecular complexity index is 403. The van der Waals surface area contributed by atoms with Gasteiger partial charge in [-0.25, -0.2) is 0 Å². The zero-order chi connectivity index (χ0) is 11.0. The van der Waals surface area contributed by atoms with E-state index >= 15 is 0 Å². The average Bonchev–Trinajstić information content (AvgIpc) is 2.61. The lowest BCUT2D eigenvalue weighted by molar-refractivity contribution is -0.118. The second-order valence-corrected chi connectivity index (χ2v) is 3.88. The summed E-state index contributed by atoms with van der Waals surface area (Å²) < 4.78 is 0. The number of carbonyl (C=O) groups is 1. The van der Waals surface area contributed by atoms with E-state index in [0.717, 1.165) is 24.3 Å². The van der Waals surface area contributed by atoms with Gasteiger partial charge in [-0.1, -0.05) is 12.1 Å². The molecule has 2 rings (SSSR count). The lowest BCUT2D eigenvalue weighted by Gasteiger charge is -2.25. The van der Waals surface area contributed by atoms with Gasteiger partial charge in [-0.3, -0.25) is 4.79 Å². The van der Waals surface area contributed by atoms with Crippen LogP contribution in [-0.4, -0.2) is 18.5 Å². The fourth-order valence-electron chi connectivity index (χ4n) is 2.06. The normalized spacial score (nSPS) is 16.2. The number of hydrogen-bond donors (Lipinski definition) is 2. The Labute approximate surface area is 88.9 Å². The van der Waals surface area contributed by atoms with E-state index in [-0.39, 0.29) is 11.9 Å². The van der Waals surface area contributed by atoms with Crippen LogP contribution in [0.15, 0.2) is 18.2 Å². The second-order valence-electron chi connectivity index (χ2n) is 3.88. The molecule has 1 unspecified atom stereocenters. The highest BCUT2D eigenvalue weighted by Crippen LogP contribution is 2.34. The molecule has 0 radical (unpaired) electrons. The monoisotopic (exact) mass is 205 g/mol. The minimum atomic E-state index is -0.314. The van der Waals surface area contributed by atoms with Crippen LogP contribution in [0.5, 0.6) is 0 Å². The third kappa shape index (κ3) is 1.52. The predicted octanol–water partition coefficient (Wildman–Crippen LogP) is 0.505. The minimum Gasteiger partial charge on any atom is -0.397 e. The van der Waals surface area contributed by atoms with Crippen LogP contribution in [0.3, 0.4) is 0 Å². The van der Waals surface area contributed by atoms with Gasteiger partial charge in [0.05, 0.1) is 11.4 Å². The van der Waals surface area contributed by atoms with Crippen molar-refractivity contribution >= 4 is 17.3 Å². The minimum absolute atomic E-state index is 0.295. The molecular formula is C11H15N3O. The van der Waals surface area contributed by atoms with Gasteiger partial charge < -0.3 is 16.4 Å². The smallest absolute Gasteiger partial charge is 0.239 e. The zero-order valence-corrected chi connectivity index (χ0v) is 8.73. The lowest BCUT2D eigenvalue weighted by Crippen LogP contribution is -2.42. The van der Waals surface area contributed by atoms with Crippen LogP contribution in [0.2, 0.25) is 0 Å². The van der Waals surface area contributed by atoms with Crippen molar-refractivity contribution in [3.8, 4) is 0 Å². The van der Waals surface area contributed by atoms with Gasteiger partial charge in [0.15, 0.2) is 0 Å². The van der Waals surface area contributed by atoms with Crippen molar-refractivity contribution in [1.82, 2.24) is 0 Å². The van der Waals surface area contributed by atoms with Crippen molar-refractivity contribution in [3.63, 3.8) is 0 Å². The third-order valence-electron chi connectivity index (χ3n) is 2.94. The molecule has 1 amide bonds. The molecule has 1 aliphatic rings. The van der Waals surface area contributed by atoms with Crippen molar-refractivity contribution in [2.75, 3.05) is 17.2 Å². The number of hydrogen-bond acceptors (Lipinski definition) is 3. The molecule has 1 heterocycles. The maximum atomic E-state index is 11.1. The first-order chi connectivity index (χ1) is 7.11. The molecule has 4 nitrogen and oxygen atoms in total. The van der Waals surface area contributed by atoms with E-state index in [1.165, 1.54) is 5.56 Å². The van der Waals surface area contributed by atoms with E-state index in [1.54, 1.807) is 0 Å². The first kappa shape index (κ1) is 9.83. The van der Waals surface area contributed by atoms with Crippen LogP contribution in [0.25, 0.3) is 0 Å². The molecule has 1 aromatic carbocycles. The van der Waals surface area contributed by atoms with Gasteiger partial charge in [-0.15, -0.1) is 0 Å². The van der Waals surface area contributed by atoms with Crippen LogP contribution >= 0.6 is 0 Å². The number of anilines is 2. The number of fused-ring (bicyclic) bond motifs is 1. The Hall–Kier alpha value is -1.71. The number of benzene rings is 1. The molecule has 0 bridgehead atoms. The van der Waals surface area contributed by atoms with E-state index in [4.69, 9.17) is 11.5 Å². The van der Waals surface area contributed by atoms with Gasteiger partial charge >= 0.3 is 0 Å². The number of nitrogens with two attached hydrogens (primary N) is 2. The lowest BCUT2D eigenvalue weighted by atomic mass is 10.1. The standard InChI is InChI=1S/C11H15N3O/c1-7(11(13)15)14-6-5-8-3-2-4-9(12)10(8)14/h2-4,7H,5-6,12H2,1H3,(H2,13,15). The van der Waals surface area contributed by atoms with Crippen molar-refractivity contribution < 1.29 is 4.79 Å². The van der Waals surface area contributed by atoms with Gasteiger partial charge in [0.2, 0.25) is 5.91 Å². The van der Waals surface area contributed by atoms with Crippen LogP contribution in [0, 0.1) is 0 Å². The summed E-state index contributed by atoms with van der Waals surface area (Å²) in [5, 5.41) is 0. The summed E-state index contributed by atoms with van der Waals surface area (Å²) in [7, 11) is 0. The number of primary amides is 1. The molecule has 0 aliphatic carbocycles.